The summed E-state index contributed by atoms with van der Waals surface area (Å²) in [5.41, 5.74) is 0.450. The van der Waals surface area contributed by atoms with Gasteiger partial charge in [-0.1, -0.05) is 19.3 Å². The maximum atomic E-state index is 4.63. The maximum absolute atomic E-state index is 4.63. The van der Waals surface area contributed by atoms with Crippen LogP contribution in [-0.2, 0) is 0 Å². The Hall–Kier alpha value is 1.56. The van der Waals surface area contributed by atoms with Crippen LogP contribution in [0.1, 0.15) is 33.1 Å². The quantitative estimate of drug-likeness (QED) is 0.504. The summed E-state index contributed by atoms with van der Waals surface area (Å²) in [6.45, 7) is 8.23. The van der Waals surface area contributed by atoms with E-state index in [1.807, 2.05) is 0 Å². The fourth-order valence-corrected chi connectivity index (χ4v) is 2.29. The smallest absolute Gasteiger partial charge is 0.657 e. The van der Waals surface area contributed by atoms with Crippen molar-refractivity contribution in [2.24, 2.45) is 0 Å². The zero-order chi connectivity index (χ0) is 8.60. The second-order valence-electron chi connectivity index (χ2n) is 4.49. The fraction of sp³-hybridized carbons (Fsp3) is 1.00. The third kappa shape index (κ3) is 2.77. The Labute approximate surface area is 124 Å². The first-order chi connectivity index (χ1) is 5.72. The number of hydrogen-bond donors (Lipinski definition) is 0. The van der Waals surface area contributed by atoms with Crippen LogP contribution in [0.3, 0.4) is 0 Å². The first-order valence-corrected chi connectivity index (χ1v) is 5.15. The van der Waals surface area contributed by atoms with E-state index < -0.39 is 0 Å². The van der Waals surface area contributed by atoms with Crippen LogP contribution < -0.4 is 51.4 Å². The minimum absolute atomic E-state index is 0. The Balaban J connectivity index is 0.000000845. The van der Waals surface area contributed by atoms with Crippen molar-refractivity contribution in [3.05, 3.63) is 5.32 Å². The molecule has 2 nitrogen and oxygen atoms in total. The summed E-state index contributed by atoms with van der Waals surface area (Å²) in [5, 5.41) is 4.63. The Morgan fingerprint density at radius 1 is 1.15 bits per heavy atom. The molecule has 2 heterocycles. The van der Waals surface area contributed by atoms with Gasteiger partial charge in [-0.3, -0.25) is 0 Å². The Morgan fingerprint density at radius 3 is 2.00 bits per heavy atom. The predicted molar refractivity (Wildman–Crippen MR) is 51.5 cm³/mol. The van der Waals surface area contributed by atoms with Crippen molar-refractivity contribution in [2.75, 3.05) is 19.6 Å². The molecule has 13 heavy (non-hydrogen) atoms. The van der Waals surface area contributed by atoms with Gasteiger partial charge in [-0.2, -0.15) is 0 Å². The summed E-state index contributed by atoms with van der Waals surface area (Å²) < 4.78 is 0. The zero-order valence-electron chi connectivity index (χ0n) is 9.21. The summed E-state index contributed by atoms with van der Waals surface area (Å²) in [5.74, 6) is 0. The first kappa shape index (κ1) is 12.6. The Bertz CT molecular complexity index is 156. The van der Waals surface area contributed by atoms with E-state index in [2.05, 4.69) is 24.1 Å². The molecule has 0 amide bonds. The molecule has 0 atom stereocenters. The Kier molecular flexibility index (Phi) is 4.91. The van der Waals surface area contributed by atoms with Gasteiger partial charge in [-0.15, -0.1) is 12.1 Å². The molecule has 2 aliphatic heterocycles. The second kappa shape index (κ2) is 5.06. The molecule has 0 saturated carbocycles. The van der Waals surface area contributed by atoms with Crippen LogP contribution in [0.2, 0.25) is 0 Å². The van der Waals surface area contributed by atoms with Gasteiger partial charge < -0.3 is 10.2 Å². The van der Waals surface area contributed by atoms with Crippen LogP contribution in [0.25, 0.3) is 5.32 Å². The Morgan fingerprint density at radius 2 is 1.69 bits per heavy atom. The van der Waals surface area contributed by atoms with Crippen molar-refractivity contribution in [3.8, 4) is 0 Å². The molecule has 2 fully saturated rings. The molecule has 0 unspecified atom stereocenters. The van der Waals surface area contributed by atoms with Gasteiger partial charge in [0.15, 0.2) is 0 Å². The summed E-state index contributed by atoms with van der Waals surface area (Å²) in [6, 6.07) is 0.724. The molecule has 70 valence electrons. The van der Waals surface area contributed by atoms with Crippen molar-refractivity contribution in [2.45, 2.75) is 44.7 Å². The average Bonchev–Trinajstić information content (AvgIpc) is 2.02. The minimum Gasteiger partial charge on any atom is -0.657 e. The topological polar surface area (TPSA) is 17.3 Å². The fourth-order valence-electron chi connectivity index (χ4n) is 2.29. The van der Waals surface area contributed by atoms with Crippen LogP contribution in [0, 0.1) is 0 Å². The van der Waals surface area contributed by atoms with Crippen molar-refractivity contribution in [1.29, 1.82) is 0 Å². The summed E-state index contributed by atoms with van der Waals surface area (Å²) >= 11 is 0. The number of rotatable bonds is 1. The number of likely N-dealkylation sites (tertiary alicyclic amines) is 1. The van der Waals surface area contributed by atoms with Crippen molar-refractivity contribution in [3.63, 3.8) is 0 Å². The summed E-state index contributed by atoms with van der Waals surface area (Å²) in [4.78, 5) is 2.57. The molecule has 0 aromatic rings. The van der Waals surface area contributed by atoms with Crippen molar-refractivity contribution < 1.29 is 51.4 Å². The molecule has 0 aromatic heterocycles. The standard InChI is InChI=1S/C10H19N2.K/c1-9(2)12-7-4-10(5-8-12)3-6-11-10;/h9H,3-8H2,1-2H3;/q-1;+1. The third-order valence-electron chi connectivity index (χ3n) is 3.48. The van der Waals surface area contributed by atoms with E-state index >= 15 is 0 Å². The minimum atomic E-state index is 0. The molecule has 2 rings (SSSR count). The summed E-state index contributed by atoms with van der Waals surface area (Å²) in [7, 11) is 0. The number of nitrogens with zero attached hydrogens (tertiary/aromatic N) is 2. The van der Waals surface area contributed by atoms with E-state index in [1.165, 1.54) is 32.4 Å². The monoisotopic (exact) mass is 206 g/mol. The van der Waals surface area contributed by atoms with Crippen LogP contribution in [0.5, 0.6) is 0 Å². The molecule has 0 N–H and O–H groups in total. The van der Waals surface area contributed by atoms with E-state index in [9.17, 15) is 0 Å². The van der Waals surface area contributed by atoms with Gasteiger partial charge in [-0.05, 0) is 26.9 Å². The van der Waals surface area contributed by atoms with Crippen molar-refractivity contribution >= 4 is 0 Å². The third-order valence-corrected chi connectivity index (χ3v) is 3.48. The molecule has 1 spiro atoms. The molecule has 0 aliphatic carbocycles. The molecule has 3 heteroatoms. The van der Waals surface area contributed by atoms with Crippen LogP contribution in [-0.4, -0.2) is 36.1 Å². The van der Waals surface area contributed by atoms with E-state index in [4.69, 9.17) is 0 Å². The van der Waals surface area contributed by atoms with Crippen LogP contribution >= 0.6 is 0 Å². The molecule has 0 bridgehead atoms. The molecular formula is C10H19KN2. The van der Waals surface area contributed by atoms with E-state index in [1.54, 1.807) is 0 Å². The van der Waals surface area contributed by atoms with Gasteiger partial charge in [0.05, 0.1) is 0 Å². The maximum Gasteiger partial charge on any atom is 1.00 e. The van der Waals surface area contributed by atoms with Gasteiger partial charge in [0.25, 0.3) is 0 Å². The molecule has 0 aromatic carbocycles. The largest absolute Gasteiger partial charge is 1.00 e. The second-order valence-corrected chi connectivity index (χ2v) is 4.49. The normalized spacial score (nSPS) is 27.0. The molecule has 2 saturated heterocycles. The molecule has 2 aliphatic rings. The van der Waals surface area contributed by atoms with Gasteiger partial charge in [0.2, 0.25) is 0 Å². The average molecular weight is 206 g/mol. The van der Waals surface area contributed by atoms with Gasteiger partial charge in [-0.25, -0.2) is 0 Å². The SMILES string of the molecule is CC(C)N1CCC2(CC[N-]2)CC1.[K+]. The van der Waals surface area contributed by atoms with Gasteiger partial charge >= 0.3 is 51.4 Å². The van der Waals surface area contributed by atoms with Crippen LogP contribution in [0.4, 0.5) is 0 Å². The van der Waals surface area contributed by atoms with Gasteiger partial charge in [0, 0.05) is 6.04 Å². The van der Waals surface area contributed by atoms with Crippen molar-refractivity contribution in [1.82, 2.24) is 4.90 Å². The van der Waals surface area contributed by atoms with Crippen LogP contribution in [0.15, 0.2) is 0 Å². The number of piperidine rings is 1. The van der Waals surface area contributed by atoms with E-state index in [0.717, 1.165) is 12.6 Å². The first-order valence-electron chi connectivity index (χ1n) is 5.15. The predicted octanol–water partition coefficient (Wildman–Crippen LogP) is -0.989. The number of hydrogen-bond acceptors (Lipinski definition) is 1. The molecular weight excluding hydrogens is 187 g/mol. The van der Waals surface area contributed by atoms with Gasteiger partial charge in [0.1, 0.15) is 0 Å². The van der Waals surface area contributed by atoms with E-state index in [-0.39, 0.29) is 51.4 Å². The van der Waals surface area contributed by atoms with E-state index in [0.29, 0.717) is 5.54 Å². The summed E-state index contributed by atoms with van der Waals surface area (Å²) in [6.07, 6.45) is 3.98. The zero-order valence-corrected chi connectivity index (χ0v) is 12.3. The molecule has 0 radical (unpaired) electrons.